The fraction of sp³-hybridized carbons (Fsp3) is 0.182. The molecule has 0 aromatic carbocycles. The zero-order chi connectivity index (χ0) is 12.4. The second kappa shape index (κ2) is 4.36. The van der Waals surface area contributed by atoms with E-state index in [2.05, 4.69) is 25.3 Å². The third-order valence-electron chi connectivity index (χ3n) is 2.52. The molecule has 0 atom stereocenters. The molecule has 0 saturated carbocycles. The highest BCUT2D eigenvalue weighted by atomic mass is 16.5. The molecule has 7 heteroatoms. The number of fused-ring (bicyclic) bond motifs is 1. The Morgan fingerprint density at radius 1 is 1.39 bits per heavy atom. The van der Waals surface area contributed by atoms with Gasteiger partial charge in [-0.3, -0.25) is 0 Å². The lowest BCUT2D eigenvalue weighted by molar-refractivity contribution is 0.404. The van der Waals surface area contributed by atoms with E-state index in [0.717, 1.165) is 11.3 Å². The third-order valence-corrected chi connectivity index (χ3v) is 2.52. The quantitative estimate of drug-likeness (QED) is 0.725. The molecule has 7 nitrogen and oxygen atoms in total. The molecule has 3 rings (SSSR count). The highest BCUT2D eigenvalue weighted by Gasteiger charge is 2.07. The zero-order valence-electron chi connectivity index (χ0n) is 9.67. The SMILES string of the molecule is COc1coc(CNc2ncnc3nc[nH]c23)c1. The van der Waals surface area contributed by atoms with Crippen LogP contribution in [0.25, 0.3) is 11.2 Å². The van der Waals surface area contributed by atoms with E-state index in [0.29, 0.717) is 23.8 Å². The molecule has 0 aliphatic rings. The lowest BCUT2D eigenvalue weighted by Crippen LogP contribution is -2.01. The van der Waals surface area contributed by atoms with E-state index in [9.17, 15) is 0 Å². The van der Waals surface area contributed by atoms with Gasteiger partial charge in [0.25, 0.3) is 0 Å². The number of anilines is 1. The van der Waals surface area contributed by atoms with Crippen LogP contribution in [-0.4, -0.2) is 27.0 Å². The summed E-state index contributed by atoms with van der Waals surface area (Å²) >= 11 is 0. The van der Waals surface area contributed by atoms with Crippen molar-refractivity contribution in [2.75, 3.05) is 12.4 Å². The summed E-state index contributed by atoms with van der Waals surface area (Å²) in [6, 6.07) is 1.82. The van der Waals surface area contributed by atoms with E-state index in [1.807, 2.05) is 6.07 Å². The molecule has 0 amide bonds. The average molecular weight is 245 g/mol. The van der Waals surface area contributed by atoms with Crippen molar-refractivity contribution in [1.29, 1.82) is 0 Å². The number of furan rings is 1. The van der Waals surface area contributed by atoms with Gasteiger partial charge >= 0.3 is 0 Å². The molecular weight excluding hydrogens is 234 g/mol. The second-order valence-electron chi connectivity index (χ2n) is 3.63. The fourth-order valence-electron chi connectivity index (χ4n) is 1.63. The predicted molar refractivity (Wildman–Crippen MR) is 64.3 cm³/mol. The number of methoxy groups -OCH3 is 1. The minimum absolute atomic E-state index is 0.508. The monoisotopic (exact) mass is 245 g/mol. The van der Waals surface area contributed by atoms with E-state index in [-0.39, 0.29) is 0 Å². The van der Waals surface area contributed by atoms with Crippen LogP contribution in [0, 0.1) is 0 Å². The Balaban J connectivity index is 1.78. The molecule has 3 aromatic heterocycles. The number of nitrogens with one attached hydrogen (secondary N) is 2. The number of hydrogen-bond acceptors (Lipinski definition) is 6. The Morgan fingerprint density at radius 3 is 3.17 bits per heavy atom. The topological polar surface area (TPSA) is 88.9 Å². The van der Waals surface area contributed by atoms with Gasteiger partial charge in [-0.05, 0) is 0 Å². The van der Waals surface area contributed by atoms with Crippen LogP contribution in [-0.2, 0) is 6.54 Å². The maximum absolute atomic E-state index is 5.31. The van der Waals surface area contributed by atoms with Gasteiger partial charge in [0.2, 0.25) is 0 Å². The third kappa shape index (κ3) is 1.86. The molecule has 18 heavy (non-hydrogen) atoms. The van der Waals surface area contributed by atoms with Crippen molar-refractivity contribution in [2.24, 2.45) is 0 Å². The minimum Gasteiger partial charge on any atom is -0.493 e. The highest BCUT2D eigenvalue weighted by Crippen LogP contribution is 2.18. The van der Waals surface area contributed by atoms with Gasteiger partial charge in [0.15, 0.2) is 17.2 Å². The summed E-state index contributed by atoms with van der Waals surface area (Å²) in [5, 5.41) is 3.16. The molecule has 0 bridgehead atoms. The molecule has 0 spiro atoms. The molecule has 0 unspecified atom stereocenters. The Hall–Kier alpha value is -2.57. The lowest BCUT2D eigenvalue weighted by atomic mass is 10.4. The Morgan fingerprint density at radius 2 is 2.33 bits per heavy atom. The van der Waals surface area contributed by atoms with Crippen LogP contribution in [0.15, 0.2) is 29.4 Å². The zero-order valence-corrected chi connectivity index (χ0v) is 9.67. The molecule has 3 heterocycles. The first-order valence-electron chi connectivity index (χ1n) is 5.36. The lowest BCUT2D eigenvalue weighted by Gasteiger charge is -2.03. The second-order valence-corrected chi connectivity index (χ2v) is 3.63. The van der Waals surface area contributed by atoms with E-state index >= 15 is 0 Å². The summed E-state index contributed by atoms with van der Waals surface area (Å²) < 4.78 is 10.4. The number of nitrogens with zero attached hydrogens (tertiary/aromatic N) is 3. The summed E-state index contributed by atoms with van der Waals surface area (Å²) in [7, 11) is 1.60. The van der Waals surface area contributed by atoms with Crippen LogP contribution in [0.4, 0.5) is 5.82 Å². The van der Waals surface area contributed by atoms with Gasteiger partial charge in [-0.1, -0.05) is 0 Å². The van der Waals surface area contributed by atoms with Crippen LogP contribution in [0.2, 0.25) is 0 Å². The molecule has 2 N–H and O–H groups in total. The predicted octanol–water partition coefficient (Wildman–Crippen LogP) is 1.57. The van der Waals surface area contributed by atoms with Gasteiger partial charge < -0.3 is 19.5 Å². The van der Waals surface area contributed by atoms with Gasteiger partial charge in [0, 0.05) is 6.07 Å². The van der Waals surface area contributed by atoms with E-state index in [4.69, 9.17) is 9.15 Å². The van der Waals surface area contributed by atoms with Gasteiger partial charge in [0.05, 0.1) is 20.0 Å². The summed E-state index contributed by atoms with van der Waals surface area (Å²) in [5.41, 5.74) is 1.40. The molecule has 0 fully saturated rings. The Labute approximate surface area is 102 Å². The van der Waals surface area contributed by atoms with Crippen LogP contribution < -0.4 is 10.1 Å². The Kier molecular flexibility index (Phi) is 2.56. The molecule has 0 saturated heterocycles. The van der Waals surface area contributed by atoms with Crippen molar-refractivity contribution in [2.45, 2.75) is 6.54 Å². The van der Waals surface area contributed by atoms with Gasteiger partial charge in [-0.2, -0.15) is 0 Å². The van der Waals surface area contributed by atoms with E-state index in [1.165, 1.54) is 6.33 Å². The van der Waals surface area contributed by atoms with Crippen LogP contribution in [0.3, 0.4) is 0 Å². The number of H-pyrrole nitrogens is 1. The first-order chi connectivity index (χ1) is 8.86. The van der Waals surface area contributed by atoms with Crippen molar-refractivity contribution in [3.05, 3.63) is 30.7 Å². The number of aromatic amines is 1. The first-order valence-corrected chi connectivity index (χ1v) is 5.36. The number of hydrogen-bond donors (Lipinski definition) is 2. The van der Waals surface area contributed by atoms with E-state index < -0.39 is 0 Å². The molecule has 0 aliphatic heterocycles. The average Bonchev–Trinajstić information content (AvgIpc) is 3.05. The number of ether oxygens (including phenoxy) is 1. The standard InChI is InChI=1S/C11H11N5O2/c1-17-8-2-7(18-4-8)3-12-10-9-11(14-5-13-9)16-6-15-10/h2,4-6H,3H2,1H3,(H2,12,13,14,15,16). The molecule has 92 valence electrons. The number of imidazole rings is 1. The first kappa shape index (κ1) is 10.6. The largest absolute Gasteiger partial charge is 0.493 e. The van der Waals surface area contributed by atoms with Crippen molar-refractivity contribution in [3.8, 4) is 5.75 Å². The minimum atomic E-state index is 0.508. The van der Waals surface area contributed by atoms with Crippen molar-refractivity contribution >= 4 is 17.0 Å². The van der Waals surface area contributed by atoms with Crippen molar-refractivity contribution < 1.29 is 9.15 Å². The summed E-state index contributed by atoms with van der Waals surface area (Å²) in [6.07, 6.45) is 4.61. The molecule has 0 radical (unpaired) electrons. The van der Waals surface area contributed by atoms with Crippen LogP contribution >= 0.6 is 0 Å². The highest BCUT2D eigenvalue weighted by molar-refractivity contribution is 5.81. The van der Waals surface area contributed by atoms with Gasteiger partial charge in [-0.15, -0.1) is 0 Å². The van der Waals surface area contributed by atoms with E-state index in [1.54, 1.807) is 19.7 Å². The van der Waals surface area contributed by atoms with Gasteiger partial charge in [-0.25, -0.2) is 15.0 Å². The smallest absolute Gasteiger partial charge is 0.182 e. The maximum atomic E-state index is 5.31. The van der Waals surface area contributed by atoms with Crippen LogP contribution in [0.1, 0.15) is 5.76 Å². The van der Waals surface area contributed by atoms with Gasteiger partial charge in [0.1, 0.15) is 23.9 Å². The molecule has 0 aliphatic carbocycles. The normalized spacial score (nSPS) is 10.7. The number of rotatable bonds is 4. The summed E-state index contributed by atoms with van der Waals surface area (Å²) in [5.74, 6) is 2.15. The number of aromatic nitrogens is 4. The van der Waals surface area contributed by atoms with Crippen LogP contribution in [0.5, 0.6) is 5.75 Å². The molecular formula is C11H11N5O2. The summed E-state index contributed by atoms with van der Waals surface area (Å²) in [4.78, 5) is 15.2. The fourth-order valence-corrected chi connectivity index (χ4v) is 1.63. The maximum Gasteiger partial charge on any atom is 0.182 e. The Bertz CT molecular complexity index is 660. The van der Waals surface area contributed by atoms with Crippen molar-refractivity contribution in [1.82, 2.24) is 19.9 Å². The molecule has 3 aromatic rings. The summed E-state index contributed by atoms with van der Waals surface area (Å²) in [6.45, 7) is 0.508. The van der Waals surface area contributed by atoms with Crippen molar-refractivity contribution in [3.63, 3.8) is 0 Å².